The number of aliphatic hydroxyl groups excluding tert-OH is 1. The summed E-state index contributed by atoms with van der Waals surface area (Å²) >= 11 is 0. The summed E-state index contributed by atoms with van der Waals surface area (Å²) in [4.78, 5) is 12.0. The van der Waals surface area contributed by atoms with Gasteiger partial charge >= 0.3 is 0 Å². The van der Waals surface area contributed by atoms with Gasteiger partial charge in [-0.1, -0.05) is 30.3 Å². The van der Waals surface area contributed by atoms with Crippen molar-refractivity contribution in [3.8, 4) is 0 Å². The molecule has 1 amide bonds. The third-order valence-electron chi connectivity index (χ3n) is 4.03. The van der Waals surface area contributed by atoms with Crippen LogP contribution in [-0.2, 0) is 11.2 Å². The predicted octanol–water partition coefficient (Wildman–Crippen LogP) is 3.44. The highest BCUT2D eigenvalue weighted by Gasteiger charge is 2.19. The Labute approximate surface area is 140 Å². The molecule has 0 radical (unpaired) electrons. The fraction of sp³-hybridized carbons (Fsp3) is 0.316. The van der Waals surface area contributed by atoms with E-state index in [1.807, 2.05) is 31.2 Å². The van der Waals surface area contributed by atoms with Crippen LogP contribution in [0.25, 0.3) is 0 Å². The number of aryl methyl sites for hydroxylation is 2. The van der Waals surface area contributed by atoms with Crippen molar-refractivity contribution in [2.45, 2.75) is 38.8 Å². The number of aliphatic hydroxyl groups is 1. The van der Waals surface area contributed by atoms with Crippen molar-refractivity contribution in [2.24, 2.45) is 0 Å². The Bertz CT molecular complexity index is 718. The van der Waals surface area contributed by atoms with Gasteiger partial charge in [0.05, 0.1) is 12.1 Å². The maximum absolute atomic E-state index is 13.2. The van der Waals surface area contributed by atoms with E-state index in [0.29, 0.717) is 12.8 Å². The summed E-state index contributed by atoms with van der Waals surface area (Å²) in [6, 6.07) is 10.4. The molecule has 0 aliphatic carbocycles. The number of halogens is 2. The summed E-state index contributed by atoms with van der Waals surface area (Å²) in [7, 11) is 0. The minimum atomic E-state index is -1.11. The molecule has 0 aliphatic heterocycles. The van der Waals surface area contributed by atoms with Crippen LogP contribution in [0.15, 0.2) is 42.5 Å². The highest BCUT2D eigenvalue weighted by atomic mass is 19.2. The number of hydrogen-bond acceptors (Lipinski definition) is 2. The van der Waals surface area contributed by atoms with Crippen LogP contribution in [0.2, 0.25) is 0 Å². The number of carbonyl (C=O) groups is 1. The normalized spacial score (nSPS) is 13.4. The van der Waals surface area contributed by atoms with E-state index in [9.17, 15) is 18.7 Å². The predicted molar refractivity (Wildman–Crippen MR) is 88.4 cm³/mol. The van der Waals surface area contributed by atoms with Crippen LogP contribution in [0.4, 0.5) is 8.78 Å². The Morgan fingerprint density at radius 1 is 1.17 bits per heavy atom. The lowest BCUT2D eigenvalue weighted by atomic mass is 10.0. The smallest absolute Gasteiger partial charge is 0.220 e. The fourth-order valence-electron chi connectivity index (χ4n) is 2.53. The topological polar surface area (TPSA) is 49.3 Å². The molecule has 5 heteroatoms. The van der Waals surface area contributed by atoms with Gasteiger partial charge in [0.2, 0.25) is 5.91 Å². The molecule has 2 N–H and O–H groups in total. The van der Waals surface area contributed by atoms with Gasteiger partial charge in [-0.2, -0.15) is 0 Å². The van der Waals surface area contributed by atoms with Gasteiger partial charge in [-0.25, -0.2) is 8.78 Å². The molecule has 2 aromatic carbocycles. The second-order valence-electron chi connectivity index (χ2n) is 5.90. The Kier molecular flexibility index (Phi) is 6.04. The molecular formula is C19H21F2NO2. The lowest BCUT2D eigenvalue weighted by Gasteiger charge is -2.21. The fourth-order valence-corrected chi connectivity index (χ4v) is 2.53. The average Bonchev–Trinajstić information content (AvgIpc) is 2.56. The minimum Gasteiger partial charge on any atom is -0.386 e. The summed E-state index contributed by atoms with van der Waals surface area (Å²) in [6.45, 7) is 3.61. The largest absolute Gasteiger partial charge is 0.386 e. The molecule has 0 aliphatic rings. The third kappa shape index (κ3) is 4.61. The second-order valence-corrected chi connectivity index (χ2v) is 5.90. The average molecular weight is 333 g/mol. The SMILES string of the molecule is Cc1ccccc1CCC(=O)NC(C)C(O)c1ccc(F)c(F)c1. The molecule has 2 unspecified atom stereocenters. The van der Waals surface area contributed by atoms with E-state index in [-0.39, 0.29) is 11.5 Å². The van der Waals surface area contributed by atoms with Gasteiger partial charge in [-0.15, -0.1) is 0 Å². The van der Waals surface area contributed by atoms with Crippen molar-refractivity contribution in [2.75, 3.05) is 0 Å². The third-order valence-corrected chi connectivity index (χ3v) is 4.03. The van der Waals surface area contributed by atoms with Crippen LogP contribution in [0.5, 0.6) is 0 Å². The minimum absolute atomic E-state index is 0.201. The van der Waals surface area contributed by atoms with Gasteiger partial charge < -0.3 is 10.4 Å². The Hall–Kier alpha value is -2.27. The summed E-state index contributed by atoms with van der Waals surface area (Å²) in [5, 5.41) is 12.9. The van der Waals surface area contributed by atoms with E-state index in [1.54, 1.807) is 6.92 Å². The van der Waals surface area contributed by atoms with Gasteiger partial charge in [-0.05, 0) is 49.1 Å². The first-order valence-electron chi connectivity index (χ1n) is 7.85. The van der Waals surface area contributed by atoms with Gasteiger partial charge in [0.1, 0.15) is 0 Å². The molecule has 0 saturated heterocycles. The zero-order valence-corrected chi connectivity index (χ0v) is 13.7. The van der Waals surface area contributed by atoms with Crippen molar-refractivity contribution >= 4 is 5.91 Å². The molecule has 24 heavy (non-hydrogen) atoms. The van der Waals surface area contributed by atoms with Crippen molar-refractivity contribution in [3.63, 3.8) is 0 Å². The van der Waals surface area contributed by atoms with Crippen LogP contribution in [0.1, 0.15) is 36.1 Å². The molecular weight excluding hydrogens is 312 g/mol. The molecule has 0 saturated carbocycles. The zero-order valence-electron chi connectivity index (χ0n) is 13.7. The van der Waals surface area contributed by atoms with Crippen molar-refractivity contribution in [1.29, 1.82) is 0 Å². The van der Waals surface area contributed by atoms with Crippen molar-refractivity contribution in [1.82, 2.24) is 5.32 Å². The first-order chi connectivity index (χ1) is 11.4. The first kappa shape index (κ1) is 18.1. The van der Waals surface area contributed by atoms with E-state index < -0.39 is 23.8 Å². The Balaban J connectivity index is 1.90. The van der Waals surface area contributed by atoms with Crippen molar-refractivity contribution < 1.29 is 18.7 Å². The summed E-state index contributed by atoms with van der Waals surface area (Å²) in [5.74, 6) is -2.20. The molecule has 0 fully saturated rings. The van der Waals surface area contributed by atoms with Crippen LogP contribution in [-0.4, -0.2) is 17.1 Å². The standard InChI is InChI=1S/C19H21F2NO2/c1-12-5-3-4-6-14(12)8-10-18(23)22-13(2)19(24)15-7-9-16(20)17(21)11-15/h3-7,9,11,13,19,24H,8,10H2,1-2H3,(H,22,23). The van der Waals surface area contributed by atoms with E-state index >= 15 is 0 Å². The van der Waals surface area contributed by atoms with Crippen LogP contribution < -0.4 is 5.32 Å². The van der Waals surface area contributed by atoms with Crippen molar-refractivity contribution in [3.05, 3.63) is 70.8 Å². The van der Waals surface area contributed by atoms with Gasteiger partial charge in [0, 0.05) is 6.42 Å². The number of nitrogens with one attached hydrogen (secondary N) is 1. The van der Waals surface area contributed by atoms with E-state index in [4.69, 9.17) is 0 Å². The molecule has 0 aromatic heterocycles. The molecule has 0 spiro atoms. The first-order valence-corrected chi connectivity index (χ1v) is 7.85. The quantitative estimate of drug-likeness (QED) is 0.851. The van der Waals surface area contributed by atoms with Gasteiger partial charge in [-0.3, -0.25) is 4.79 Å². The maximum Gasteiger partial charge on any atom is 0.220 e. The lowest BCUT2D eigenvalue weighted by molar-refractivity contribution is -0.122. The van der Waals surface area contributed by atoms with Gasteiger partial charge in [0.15, 0.2) is 11.6 Å². The Morgan fingerprint density at radius 2 is 1.88 bits per heavy atom. The van der Waals surface area contributed by atoms with E-state index in [2.05, 4.69) is 5.32 Å². The zero-order chi connectivity index (χ0) is 17.7. The Morgan fingerprint density at radius 3 is 2.54 bits per heavy atom. The molecule has 2 aromatic rings. The highest BCUT2D eigenvalue weighted by Crippen LogP contribution is 2.19. The van der Waals surface area contributed by atoms with Gasteiger partial charge in [0.25, 0.3) is 0 Å². The van der Waals surface area contributed by atoms with E-state index in [1.165, 1.54) is 6.07 Å². The van der Waals surface area contributed by atoms with E-state index in [0.717, 1.165) is 23.3 Å². The molecule has 0 heterocycles. The molecule has 2 rings (SSSR count). The highest BCUT2D eigenvalue weighted by molar-refractivity contribution is 5.76. The van der Waals surface area contributed by atoms with Crippen LogP contribution >= 0.6 is 0 Å². The number of carbonyl (C=O) groups excluding carboxylic acids is 1. The number of rotatable bonds is 6. The molecule has 3 nitrogen and oxygen atoms in total. The number of benzene rings is 2. The van der Waals surface area contributed by atoms with Crippen LogP contribution in [0.3, 0.4) is 0 Å². The summed E-state index contributed by atoms with van der Waals surface area (Å²) < 4.78 is 26.2. The molecule has 2 atom stereocenters. The maximum atomic E-state index is 13.2. The second kappa shape index (κ2) is 8.02. The monoisotopic (exact) mass is 333 g/mol. The molecule has 128 valence electrons. The van der Waals surface area contributed by atoms with Crippen LogP contribution in [0, 0.1) is 18.6 Å². The number of hydrogen-bond donors (Lipinski definition) is 2. The number of amides is 1. The lowest BCUT2D eigenvalue weighted by Crippen LogP contribution is -2.37. The summed E-state index contributed by atoms with van der Waals surface area (Å²) in [6.07, 6.45) is -0.214. The molecule has 0 bridgehead atoms. The summed E-state index contributed by atoms with van der Waals surface area (Å²) in [5.41, 5.74) is 2.45.